The first kappa shape index (κ1) is 55.4. The van der Waals surface area contributed by atoms with Crippen molar-refractivity contribution in [3.05, 3.63) is 232 Å². The third-order valence-corrected chi connectivity index (χ3v) is 17.3. The maximum absolute atomic E-state index is 12.7. The first-order valence-electron chi connectivity index (χ1n) is 24.2. The number of carboxylic acid groups (broad SMARTS) is 1. The van der Waals surface area contributed by atoms with Gasteiger partial charge < -0.3 is 31.5 Å². The summed E-state index contributed by atoms with van der Waals surface area (Å²) in [4.78, 5) is 60.7. The van der Waals surface area contributed by atoms with Gasteiger partial charge in [-0.25, -0.2) is 32.4 Å². The number of imidazole rings is 3. The number of nitrogens with two attached hydrogens (primary N) is 2. The molecule has 3 heterocycles. The summed E-state index contributed by atoms with van der Waals surface area (Å²) in [5, 5.41) is 10.9. The fourth-order valence-corrected chi connectivity index (χ4v) is 11.7. The van der Waals surface area contributed by atoms with Gasteiger partial charge in [0.1, 0.15) is 17.5 Å². The minimum absolute atomic E-state index is 0.172. The molecule has 1 unspecified atom stereocenters. The van der Waals surface area contributed by atoms with E-state index in [4.69, 9.17) is 51.4 Å². The van der Waals surface area contributed by atoms with Gasteiger partial charge in [0.05, 0.1) is 59.3 Å². The SMILES string of the molecule is NC(=O)c1ccc2nc(-c3ccc(S(=O)(=O)c4ccc(Cl)cc4)cc3)[nH]c2c1.NC(=O)c1ccc2nc(-c3ccc(S(=O)c4ccc(Cl)cc4)cc3)[nH]c2c1.O=C(O)c1ccc2nc(-c3ccc(Sc4ccc(Cl)cc4)cc3)[nH]c2c1. The summed E-state index contributed by atoms with van der Waals surface area (Å²) >= 11 is 19.3. The van der Waals surface area contributed by atoms with Crippen molar-refractivity contribution in [2.45, 2.75) is 29.4 Å². The Bertz CT molecular complexity index is 4460. The number of aromatic amines is 3. The molecule has 0 fully saturated rings. The number of hydrogen-bond acceptors (Lipinski definition) is 10. The second kappa shape index (κ2) is 23.8. The van der Waals surface area contributed by atoms with Crippen LogP contribution in [0.1, 0.15) is 31.1 Å². The normalized spacial score (nSPS) is 11.6. The number of sulfone groups is 1. The third kappa shape index (κ3) is 12.9. The monoisotopic (exact) mass is 1190 g/mol. The van der Waals surface area contributed by atoms with E-state index in [0.29, 0.717) is 70.5 Å². The number of nitrogens with zero attached hydrogens (tertiary/aromatic N) is 3. The zero-order valence-corrected chi connectivity index (χ0v) is 46.5. The van der Waals surface area contributed by atoms with Crippen LogP contribution in [-0.4, -0.2) is 65.4 Å². The lowest BCUT2D eigenvalue weighted by Gasteiger charge is -2.05. The second-order valence-corrected chi connectivity index (χ2v) is 23.7. The van der Waals surface area contributed by atoms with E-state index in [-0.39, 0.29) is 15.4 Å². The number of hydrogen-bond donors (Lipinski definition) is 6. The topological polar surface area (TPSA) is 261 Å². The van der Waals surface area contributed by atoms with E-state index in [9.17, 15) is 27.0 Å². The van der Waals surface area contributed by atoms with Crippen molar-refractivity contribution in [1.82, 2.24) is 29.9 Å². The molecular formula is C60H41Cl3N8O7S3. The largest absolute Gasteiger partial charge is 0.478 e. The lowest BCUT2D eigenvalue weighted by molar-refractivity contribution is 0.0696. The smallest absolute Gasteiger partial charge is 0.335 e. The van der Waals surface area contributed by atoms with E-state index in [1.165, 1.54) is 36.4 Å². The van der Waals surface area contributed by atoms with Crippen LogP contribution in [0.3, 0.4) is 0 Å². The number of aromatic nitrogens is 6. The number of benzene rings is 9. The van der Waals surface area contributed by atoms with Crippen molar-refractivity contribution in [2.24, 2.45) is 11.5 Å². The highest BCUT2D eigenvalue weighted by molar-refractivity contribution is 7.99. The minimum Gasteiger partial charge on any atom is -0.478 e. The van der Waals surface area contributed by atoms with Gasteiger partial charge in [-0.3, -0.25) is 9.59 Å². The summed E-state index contributed by atoms with van der Waals surface area (Å²) in [7, 11) is -4.92. The van der Waals surface area contributed by atoms with Crippen LogP contribution in [0.4, 0.5) is 0 Å². The highest BCUT2D eigenvalue weighted by Gasteiger charge is 2.19. The number of halogens is 3. The number of carbonyl (C=O) groups excluding carboxylic acids is 2. The number of nitrogens with one attached hydrogen (secondary N) is 3. The Labute approximate surface area is 483 Å². The molecule has 0 saturated carbocycles. The van der Waals surface area contributed by atoms with Crippen LogP contribution in [0, 0.1) is 0 Å². The molecule has 12 rings (SSSR count). The maximum Gasteiger partial charge on any atom is 0.335 e. The third-order valence-electron chi connectivity index (χ3n) is 12.4. The quantitative estimate of drug-likeness (QED) is 0.0670. The van der Waals surface area contributed by atoms with E-state index in [1.54, 1.807) is 103 Å². The Hall–Kier alpha value is -8.88. The molecule has 0 radical (unpaired) electrons. The van der Waals surface area contributed by atoms with Crippen LogP contribution in [-0.2, 0) is 20.6 Å². The Morgan fingerprint density at radius 3 is 1.15 bits per heavy atom. The number of primary amides is 2. The van der Waals surface area contributed by atoms with E-state index in [0.717, 1.165) is 42.5 Å². The highest BCUT2D eigenvalue weighted by Crippen LogP contribution is 2.32. The van der Waals surface area contributed by atoms with Crippen molar-refractivity contribution >= 4 is 118 Å². The summed E-state index contributed by atoms with van der Waals surface area (Å²) in [5.41, 5.74) is 18.4. The number of rotatable bonds is 12. The van der Waals surface area contributed by atoms with Crippen molar-refractivity contribution in [3.63, 3.8) is 0 Å². The minimum atomic E-state index is -3.64. The summed E-state index contributed by atoms with van der Waals surface area (Å²) in [6, 6.07) is 57.4. The molecule has 0 bridgehead atoms. The number of carbonyl (C=O) groups is 3. The van der Waals surface area contributed by atoms with Crippen molar-refractivity contribution in [3.8, 4) is 34.2 Å². The fraction of sp³-hybridized carbons (Fsp3) is 0. The maximum atomic E-state index is 12.7. The summed E-state index contributed by atoms with van der Waals surface area (Å²) in [6.07, 6.45) is 0. The Balaban J connectivity index is 0.000000136. The molecule has 0 aliphatic carbocycles. The molecule has 0 spiro atoms. The molecule has 21 heteroatoms. The van der Waals surface area contributed by atoms with Crippen LogP contribution in [0.2, 0.25) is 15.1 Å². The summed E-state index contributed by atoms with van der Waals surface area (Å²) in [5.74, 6) is -0.0170. The molecule has 12 aromatic rings. The van der Waals surface area contributed by atoms with Gasteiger partial charge in [0.15, 0.2) is 0 Å². The fourth-order valence-electron chi connectivity index (χ4n) is 8.17. The molecule has 0 aliphatic heterocycles. The number of H-pyrrole nitrogens is 3. The molecule has 8 N–H and O–H groups in total. The predicted molar refractivity (Wildman–Crippen MR) is 317 cm³/mol. The number of fused-ring (bicyclic) bond motifs is 3. The van der Waals surface area contributed by atoms with Gasteiger partial charge in [-0.2, -0.15) is 0 Å². The zero-order chi connectivity index (χ0) is 57.0. The van der Waals surface area contributed by atoms with Gasteiger partial charge in [-0.15, -0.1) is 0 Å². The van der Waals surface area contributed by atoms with Gasteiger partial charge in [-0.1, -0.05) is 70.8 Å². The van der Waals surface area contributed by atoms with E-state index in [2.05, 4.69) is 29.9 Å². The average molecular weight is 1190 g/mol. The Morgan fingerprint density at radius 1 is 0.444 bits per heavy atom. The number of amides is 2. The molecule has 9 aromatic carbocycles. The van der Waals surface area contributed by atoms with Crippen molar-refractivity contribution in [2.75, 3.05) is 0 Å². The second-order valence-electron chi connectivity index (χ2n) is 17.8. The lowest BCUT2D eigenvalue weighted by Crippen LogP contribution is -2.10. The van der Waals surface area contributed by atoms with Crippen LogP contribution in [0.5, 0.6) is 0 Å². The first-order valence-corrected chi connectivity index (χ1v) is 28.8. The molecular weight excluding hydrogens is 1150 g/mol. The van der Waals surface area contributed by atoms with Gasteiger partial charge in [0, 0.05) is 62.5 Å². The Kier molecular flexibility index (Phi) is 16.3. The number of carboxylic acids is 1. The summed E-state index contributed by atoms with van der Waals surface area (Å²) in [6.45, 7) is 0. The molecule has 402 valence electrons. The predicted octanol–water partition coefficient (Wildman–Crippen LogP) is 13.7. The zero-order valence-electron chi connectivity index (χ0n) is 41.8. The molecule has 15 nitrogen and oxygen atoms in total. The molecule has 1 atom stereocenters. The van der Waals surface area contributed by atoms with Gasteiger partial charge >= 0.3 is 5.97 Å². The first-order chi connectivity index (χ1) is 38.9. The lowest BCUT2D eigenvalue weighted by atomic mass is 10.2. The molecule has 81 heavy (non-hydrogen) atoms. The highest BCUT2D eigenvalue weighted by atomic mass is 35.5. The van der Waals surface area contributed by atoms with E-state index in [1.807, 2.05) is 72.8 Å². The number of aromatic carboxylic acids is 1. The van der Waals surface area contributed by atoms with Crippen molar-refractivity contribution in [1.29, 1.82) is 0 Å². The average Bonchev–Trinajstić information content (AvgIpc) is 4.27. The van der Waals surface area contributed by atoms with Crippen LogP contribution in [0.15, 0.2) is 230 Å². The van der Waals surface area contributed by atoms with Gasteiger partial charge in [0.25, 0.3) is 0 Å². The molecule has 2 amide bonds. The van der Waals surface area contributed by atoms with E-state index >= 15 is 0 Å². The van der Waals surface area contributed by atoms with Gasteiger partial charge in [0.2, 0.25) is 21.7 Å². The van der Waals surface area contributed by atoms with Crippen molar-refractivity contribution < 1.29 is 32.1 Å². The summed E-state index contributed by atoms with van der Waals surface area (Å²) < 4.78 is 38.1. The molecule has 3 aromatic heterocycles. The van der Waals surface area contributed by atoms with Crippen LogP contribution in [0.25, 0.3) is 67.3 Å². The van der Waals surface area contributed by atoms with Crippen LogP contribution < -0.4 is 11.5 Å². The van der Waals surface area contributed by atoms with E-state index < -0.39 is 38.4 Å². The molecule has 0 saturated heterocycles. The van der Waals surface area contributed by atoms with Crippen LogP contribution >= 0.6 is 46.6 Å². The molecule has 0 aliphatic rings. The Morgan fingerprint density at radius 2 is 0.753 bits per heavy atom. The van der Waals surface area contributed by atoms with Gasteiger partial charge in [-0.05, 0) is 176 Å². The standard InChI is InChI=1S/C20H14ClN3O3S.C20H14ClN3O2S.C20H13ClN2O2S/c21-14-4-8-16(9-5-14)28(26,27)15-6-1-12(2-7-15)20-23-17-10-3-13(19(22)25)11-18(17)24-20;21-14-4-8-16(9-5-14)27(26)15-6-1-12(2-7-15)20-23-17-10-3-13(19(22)25)11-18(17)24-20;21-14-4-8-16(9-5-14)26-15-6-1-12(2-7-15)19-22-17-10-3-13(20(24)25)11-18(17)23-19/h1-11H,(H2,22,25)(H,23,24);1-11H,(H2,22,25)(H,23,24);1-11H,(H,22,23)(H,24,25).